The van der Waals surface area contributed by atoms with Gasteiger partial charge in [-0.1, -0.05) is 6.92 Å². The van der Waals surface area contributed by atoms with Crippen LogP contribution in [0.4, 0.5) is 5.69 Å². The van der Waals surface area contributed by atoms with E-state index in [9.17, 15) is 10.1 Å². The third-order valence-electron chi connectivity index (χ3n) is 2.26. The number of nitro groups is 1. The SMILES string of the molecule is CCCn1nc(C)c([N+](=O)[O-])c1OCCNC. The van der Waals surface area contributed by atoms with Crippen molar-refractivity contribution in [3.63, 3.8) is 0 Å². The maximum absolute atomic E-state index is 10.9. The molecule has 0 saturated carbocycles. The van der Waals surface area contributed by atoms with Crippen LogP contribution in [-0.4, -0.2) is 34.9 Å². The molecule has 0 atom stereocenters. The molecule has 7 heteroatoms. The van der Waals surface area contributed by atoms with E-state index in [1.54, 1.807) is 18.7 Å². The monoisotopic (exact) mass is 242 g/mol. The van der Waals surface area contributed by atoms with Gasteiger partial charge in [-0.05, 0) is 20.4 Å². The topological polar surface area (TPSA) is 82.2 Å². The highest BCUT2D eigenvalue weighted by Crippen LogP contribution is 2.30. The van der Waals surface area contributed by atoms with Crippen LogP contribution in [-0.2, 0) is 6.54 Å². The van der Waals surface area contributed by atoms with Crippen molar-refractivity contribution in [1.82, 2.24) is 15.1 Å². The molecule has 96 valence electrons. The second kappa shape index (κ2) is 6.19. The number of likely N-dealkylation sites (N-methyl/N-ethyl adjacent to an activating group) is 1. The smallest absolute Gasteiger partial charge is 0.353 e. The predicted molar refractivity (Wildman–Crippen MR) is 63.3 cm³/mol. The van der Waals surface area contributed by atoms with Gasteiger partial charge >= 0.3 is 5.69 Å². The van der Waals surface area contributed by atoms with Crippen LogP contribution in [0.3, 0.4) is 0 Å². The van der Waals surface area contributed by atoms with Crippen LogP contribution in [0.25, 0.3) is 0 Å². The first kappa shape index (κ1) is 13.4. The average molecular weight is 242 g/mol. The molecule has 0 fully saturated rings. The third kappa shape index (κ3) is 3.16. The van der Waals surface area contributed by atoms with Crippen LogP contribution in [0.5, 0.6) is 5.88 Å². The van der Waals surface area contributed by atoms with Gasteiger partial charge < -0.3 is 10.1 Å². The van der Waals surface area contributed by atoms with E-state index in [1.165, 1.54) is 0 Å². The molecule has 0 spiro atoms. The molecule has 0 aliphatic heterocycles. The Bertz CT molecular complexity index is 389. The van der Waals surface area contributed by atoms with Crippen molar-refractivity contribution >= 4 is 5.69 Å². The molecule has 0 aliphatic carbocycles. The van der Waals surface area contributed by atoms with Gasteiger partial charge in [0.25, 0.3) is 5.88 Å². The number of aryl methyl sites for hydroxylation is 2. The first-order valence-electron chi connectivity index (χ1n) is 5.61. The third-order valence-corrected chi connectivity index (χ3v) is 2.26. The molecule has 0 amide bonds. The maximum atomic E-state index is 10.9. The molecule has 17 heavy (non-hydrogen) atoms. The second-order valence-corrected chi connectivity index (χ2v) is 3.67. The van der Waals surface area contributed by atoms with Crippen molar-refractivity contribution in [2.24, 2.45) is 0 Å². The van der Waals surface area contributed by atoms with Crippen LogP contribution in [0, 0.1) is 17.0 Å². The van der Waals surface area contributed by atoms with Gasteiger partial charge in [-0.2, -0.15) is 5.10 Å². The summed E-state index contributed by atoms with van der Waals surface area (Å²) < 4.78 is 7.00. The van der Waals surface area contributed by atoms with E-state index in [0.717, 1.165) is 6.42 Å². The van der Waals surface area contributed by atoms with Crippen LogP contribution in [0.1, 0.15) is 19.0 Å². The fraction of sp³-hybridized carbons (Fsp3) is 0.700. The minimum Gasteiger partial charge on any atom is -0.472 e. The Labute approximate surface area is 99.9 Å². The van der Waals surface area contributed by atoms with E-state index in [0.29, 0.717) is 25.4 Å². The van der Waals surface area contributed by atoms with Crippen LogP contribution in [0.15, 0.2) is 0 Å². The lowest BCUT2D eigenvalue weighted by molar-refractivity contribution is -0.386. The number of aromatic nitrogens is 2. The van der Waals surface area contributed by atoms with Crippen LogP contribution >= 0.6 is 0 Å². The highest BCUT2D eigenvalue weighted by Gasteiger charge is 2.26. The Balaban J connectivity index is 2.98. The van der Waals surface area contributed by atoms with E-state index in [1.807, 2.05) is 6.92 Å². The maximum Gasteiger partial charge on any atom is 0.353 e. The Morgan fingerprint density at radius 3 is 2.82 bits per heavy atom. The molecule has 1 aromatic rings. The number of hydrogen-bond acceptors (Lipinski definition) is 5. The van der Waals surface area contributed by atoms with Gasteiger partial charge in [-0.15, -0.1) is 0 Å². The molecule has 0 saturated heterocycles. The van der Waals surface area contributed by atoms with Crippen molar-refractivity contribution in [3.8, 4) is 5.88 Å². The minimum absolute atomic E-state index is 0.0328. The summed E-state index contributed by atoms with van der Waals surface area (Å²) in [6.45, 7) is 5.23. The summed E-state index contributed by atoms with van der Waals surface area (Å²) in [6, 6.07) is 0. The lowest BCUT2D eigenvalue weighted by Crippen LogP contribution is -2.17. The van der Waals surface area contributed by atoms with E-state index >= 15 is 0 Å². The summed E-state index contributed by atoms with van der Waals surface area (Å²) in [4.78, 5) is 10.5. The Kier molecular flexibility index (Phi) is 4.89. The minimum atomic E-state index is -0.441. The van der Waals surface area contributed by atoms with Gasteiger partial charge in [0.05, 0.1) is 4.92 Å². The molecule has 1 heterocycles. The second-order valence-electron chi connectivity index (χ2n) is 3.67. The fourth-order valence-electron chi connectivity index (χ4n) is 1.52. The Morgan fingerprint density at radius 1 is 1.59 bits per heavy atom. The van der Waals surface area contributed by atoms with Gasteiger partial charge in [0.15, 0.2) is 0 Å². The van der Waals surface area contributed by atoms with Gasteiger partial charge in [0.2, 0.25) is 0 Å². The molecular weight excluding hydrogens is 224 g/mol. The highest BCUT2D eigenvalue weighted by molar-refractivity contribution is 5.45. The van der Waals surface area contributed by atoms with Gasteiger partial charge in [-0.25, -0.2) is 4.68 Å². The van der Waals surface area contributed by atoms with Crippen molar-refractivity contribution in [1.29, 1.82) is 0 Å². The Hall–Kier alpha value is -1.63. The lowest BCUT2D eigenvalue weighted by Gasteiger charge is -2.07. The molecule has 0 radical (unpaired) electrons. The number of hydrogen-bond donors (Lipinski definition) is 1. The molecule has 0 aromatic carbocycles. The molecular formula is C10H18N4O3. The summed E-state index contributed by atoms with van der Waals surface area (Å²) in [5.41, 5.74) is 0.359. The fourth-order valence-corrected chi connectivity index (χ4v) is 1.52. The summed E-state index contributed by atoms with van der Waals surface area (Å²) in [5.74, 6) is 0.254. The number of nitrogens with one attached hydrogen (secondary N) is 1. The molecule has 1 N–H and O–H groups in total. The quantitative estimate of drug-likeness (QED) is 0.440. The van der Waals surface area contributed by atoms with Crippen molar-refractivity contribution in [2.45, 2.75) is 26.8 Å². The summed E-state index contributed by atoms with van der Waals surface area (Å²) >= 11 is 0. The normalized spacial score (nSPS) is 10.5. The van der Waals surface area contributed by atoms with Crippen molar-refractivity contribution in [2.75, 3.05) is 20.2 Å². The van der Waals surface area contributed by atoms with E-state index in [2.05, 4.69) is 10.4 Å². The average Bonchev–Trinajstić information content (AvgIpc) is 2.56. The lowest BCUT2D eigenvalue weighted by atomic mass is 10.4. The van der Waals surface area contributed by atoms with Gasteiger partial charge in [0, 0.05) is 13.1 Å². The zero-order chi connectivity index (χ0) is 12.8. The standard InChI is InChI=1S/C10H18N4O3/c1-4-6-13-10(17-7-5-11-3)9(14(15)16)8(2)12-13/h11H,4-7H2,1-3H3. The van der Waals surface area contributed by atoms with Crippen molar-refractivity contribution in [3.05, 3.63) is 15.8 Å². The molecule has 0 aliphatic rings. The van der Waals surface area contributed by atoms with E-state index in [4.69, 9.17) is 4.74 Å². The number of nitrogens with zero attached hydrogens (tertiary/aromatic N) is 3. The predicted octanol–water partition coefficient (Wildman–Crippen LogP) is 1.11. The summed E-state index contributed by atoms with van der Waals surface area (Å²) in [5, 5.41) is 18.0. The van der Waals surface area contributed by atoms with E-state index in [-0.39, 0.29) is 11.6 Å². The van der Waals surface area contributed by atoms with E-state index < -0.39 is 4.92 Å². The summed E-state index contributed by atoms with van der Waals surface area (Å²) in [7, 11) is 1.80. The first-order chi connectivity index (χ1) is 8.11. The summed E-state index contributed by atoms with van der Waals surface area (Å²) in [6.07, 6.45) is 0.848. The molecule has 7 nitrogen and oxygen atoms in total. The molecule has 0 unspecified atom stereocenters. The van der Waals surface area contributed by atoms with Crippen LogP contribution in [0.2, 0.25) is 0 Å². The number of ether oxygens (including phenoxy) is 1. The molecule has 0 bridgehead atoms. The van der Waals surface area contributed by atoms with Gasteiger partial charge in [0.1, 0.15) is 12.3 Å². The first-order valence-corrected chi connectivity index (χ1v) is 5.61. The zero-order valence-corrected chi connectivity index (χ0v) is 10.4. The molecule has 1 aromatic heterocycles. The zero-order valence-electron chi connectivity index (χ0n) is 10.4. The number of rotatable bonds is 7. The van der Waals surface area contributed by atoms with Crippen LogP contribution < -0.4 is 10.1 Å². The molecule has 1 rings (SSSR count). The van der Waals surface area contributed by atoms with Gasteiger partial charge in [-0.3, -0.25) is 10.1 Å². The van der Waals surface area contributed by atoms with Crippen molar-refractivity contribution < 1.29 is 9.66 Å². The largest absolute Gasteiger partial charge is 0.472 e. The highest BCUT2D eigenvalue weighted by atomic mass is 16.6. The Morgan fingerprint density at radius 2 is 2.29 bits per heavy atom.